The summed E-state index contributed by atoms with van der Waals surface area (Å²) in [5.41, 5.74) is 0.792. The maximum atomic E-state index is 10.7. The highest BCUT2D eigenvalue weighted by atomic mass is 79.9. The molecule has 0 saturated heterocycles. The predicted molar refractivity (Wildman–Crippen MR) is 74.6 cm³/mol. The van der Waals surface area contributed by atoms with E-state index in [-0.39, 0.29) is 0 Å². The molecule has 3 heteroatoms. The zero-order chi connectivity index (χ0) is 12.7. The summed E-state index contributed by atoms with van der Waals surface area (Å²) in [4.78, 5) is 0. The summed E-state index contributed by atoms with van der Waals surface area (Å²) < 4.78 is 5.33. The van der Waals surface area contributed by atoms with Crippen molar-refractivity contribution in [1.82, 2.24) is 0 Å². The third-order valence-corrected chi connectivity index (χ3v) is 3.17. The summed E-state index contributed by atoms with van der Waals surface area (Å²) in [5.74, 6) is 0.820. The lowest BCUT2D eigenvalue weighted by molar-refractivity contribution is 0.0169. The molecule has 0 amide bonds. The third kappa shape index (κ3) is 4.00. The SMILES string of the molecule is CCCC(O)(CCC)c1ccc(OCBr)cc1. The molecule has 1 rings (SSSR count). The zero-order valence-corrected chi connectivity index (χ0v) is 12.2. The van der Waals surface area contributed by atoms with Crippen LogP contribution in [0.2, 0.25) is 0 Å². The Morgan fingerprint density at radius 2 is 1.65 bits per heavy atom. The van der Waals surface area contributed by atoms with Gasteiger partial charge in [-0.1, -0.05) is 38.8 Å². The van der Waals surface area contributed by atoms with Crippen molar-refractivity contribution in [3.8, 4) is 5.75 Å². The second kappa shape index (κ2) is 7.02. The van der Waals surface area contributed by atoms with Crippen LogP contribution in [0.5, 0.6) is 5.75 Å². The van der Waals surface area contributed by atoms with Crippen molar-refractivity contribution in [2.75, 3.05) is 5.52 Å². The van der Waals surface area contributed by atoms with Gasteiger partial charge < -0.3 is 9.84 Å². The van der Waals surface area contributed by atoms with Crippen LogP contribution < -0.4 is 4.74 Å². The van der Waals surface area contributed by atoms with Crippen LogP contribution in [-0.4, -0.2) is 10.6 Å². The van der Waals surface area contributed by atoms with Crippen LogP contribution in [-0.2, 0) is 5.60 Å². The van der Waals surface area contributed by atoms with Gasteiger partial charge >= 0.3 is 0 Å². The maximum absolute atomic E-state index is 10.7. The van der Waals surface area contributed by atoms with E-state index in [2.05, 4.69) is 29.8 Å². The summed E-state index contributed by atoms with van der Waals surface area (Å²) in [6.07, 6.45) is 3.57. The van der Waals surface area contributed by atoms with Crippen LogP contribution in [0.1, 0.15) is 45.1 Å². The van der Waals surface area contributed by atoms with Gasteiger partial charge in [-0.15, -0.1) is 0 Å². The van der Waals surface area contributed by atoms with Crippen molar-refractivity contribution >= 4 is 15.9 Å². The van der Waals surface area contributed by atoms with Gasteiger partial charge in [0.05, 0.1) is 5.60 Å². The fourth-order valence-electron chi connectivity index (χ4n) is 2.17. The topological polar surface area (TPSA) is 29.5 Å². The second-order valence-corrected chi connectivity index (χ2v) is 4.77. The van der Waals surface area contributed by atoms with Gasteiger partial charge in [-0.3, -0.25) is 0 Å². The molecule has 0 atom stereocenters. The van der Waals surface area contributed by atoms with E-state index in [1.807, 2.05) is 24.3 Å². The molecule has 0 unspecified atom stereocenters. The van der Waals surface area contributed by atoms with Crippen LogP contribution in [0.3, 0.4) is 0 Å². The van der Waals surface area contributed by atoms with Gasteiger partial charge in [0.2, 0.25) is 0 Å². The molecule has 1 N–H and O–H groups in total. The summed E-state index contributed by atoms with van der Waals surface area (Å²) in [7, 11) is 0. The lowest BCUT2D eigenvalue weighted by Gasteiger charge is -2.28. The third-order valence-electron chi connectivity index (χ3n) is 2.94. The minimum Gasteiger partial charge on any atom is -0.482 e. The van der Waals surface area contributed by atoms with E-state index in [1.54, 1.807) is 0 Å². The number of hydrogen-bond acceptors (Lipinski definition) is 2. The molecule has 1 aromatic rings. The first-order valence-electron chi connectivity index (χ1n) is 6.18. The standard InChI is InChI=1S/C14H21BrO2/c1-3-9-14(16,10-4-2)12-5-7-13(8-6-12)17-11-15/h5-8,16H,3-4,9-11H2,1-2H3. The lowest BCUT2D eigenvalue weighted by Crippen LogP contribution is -2.25. The Labute approximate surface area is 112 Å². The molecule has 0 aliphatic carbocycles. The molecule has 0 heterocycles. The number of ether oxygens (including phenoxy) is 1. The van der Waals surface area contributed by atoms with E-state index in [9.17, 15) is 5.11 Å². The smallest absolute Gasteiger partial charge is 0.143 e. The number of alkyl halides is 1. The van der Waals surface area contributed by atoms with Gasteiger partial charge in [0.15, 0.2) is 0 Å². The Kier molecular flexibility index (Phi) is 6.00. The Hall–Kier alpha value is -0.540. The zero-order valence-electron chi connectivity index (χ0n) is 10.6. The number of benzene rings is 1. The van der Waals surface area contributed by atoms with Crippen molar-refractivity contribution in [1.29, 1.82) is 0 Å². The lowest BCUT2D eigenvalue weighted by atomic mass is 9.85. The Morgan fingerprint density at radius 1 is 1.12 bits per heavy atom. The molecule has 0 radical (unpaired) electrons. The highest BCUT2D eigenvalue weighted by Gasteiger charge is 2.26. The normalized spacial score (nSPS) is 11.5. The van der Waals surface area contributed by atoms with Crippen LogP contribution in [0.15, 0.2) is 24.3 Å². The largest absolute Gasteiger partial charge is 0.482 e. The van der Waals surface area contributed by atoms with Crippen LogP contribution in [0, 0.1) is 0 Å². The van der Waals surface area contributed by atoms with Crippen LogP contribution in [0.4, 0.5) is 0 Å². The van der Waals surface area contributed by atoms with Crippen molar-refractivity contribution in [2.45, 2.75) is 45.1 Å². The van der Waals surface area contributed by atoms with E-state index in [0.29, 0.717) is 5.52 Å². The summed E-state index contributed by atoms with van der Waals surface area (Å²) in [5, 5.41) is 10.7. The molecule has 0 bridgehead atoms. The number of rotatable bonds is 7. The summed E-state index contributed by atoms with van der Waals surface area (Å²) in [6, 6.07) is 7.74. The molecule has 96 valence electrons. The molecule has 0 fully saturated rings. The average Bonchev–Trinajstić information content (AvgIpc) is 2.31. The Morgan fingerprint density at radius 3 is 2.06 bits per heavy atom. The number of halogens is 1. The van der Waals surface area contributed by atoms with Gasteiger partial charge in [-0.25, -0.2) is 0 Å². The van der Waals surface area contributed by atoms with Crippen molar-refractivity contribution in [3.63, 3.8) is 0 Å². The van der Waals surface area contributed by atoms with E-state index >= 15 is 0 Å². The van der Waals surface area contributed by atoms with Crippen LogP contribution >= 0.6 is 15.9 Å². The maximum Gasteiger partial charge on any atom is 0.143 e. The first kappa shape index (κ1) is 14.5. The van der Waals surface area contributed by atoms with E-state index < -0.39 is 5.60 Å². The monoisotopic (exact) mass is 300 g/mol. The van der Waals surface area contributed by atoms with Crippen molar-refractivity contribution in [2.24, 2.45) is 0 Å². The molecule has 17 heavy (non-hydrogen) atoms. The van der Waals surface area contributed by atoms with Gasteiger partial charge in [-0.05, 0) is 46.5 Å². The average molecular weight is 301 g/mol. The molecular weight excluding hydrogens is 280 g/mol. The second-order valence-electron chi connectivity index (χ2n) is 4.31. The fourth-order valence-corrected chi connectivity index (χ4v) is 2.43. The number of aliphatic hydroxyl groups is 1. The number of hydrogen-bond donors (Lipinski definition) is 1. The van der Waals surface area contributed by atoms with Crippen molar-refractivity contribution < 1.29 is 9.84 Å². The van der Waals surface area contributed by atoms with Crippen LogP contribution in [0.25, 0.3) is 0 Å². The molecule has 0 aliphatic heterocycles. The van der Waals surface area contributed by atoms with Gasteiger partial charge in [0.1, 0.15) is 11.3 Å². The highest BCUT2D eigenvalue weighted by Crippen LogP contribution is 2.32. The molecular formula is C14H21BrO2. The first-order valence-corrected chi connectivity index (χ1v) is 7.30. The van der Waals surface area contributed by atoms with Gasteiger partial charge in [0, 0.05) is 0 Å². The Balaban J connectivity index is 2.87. The highest BCUT2D eigenvalue weighted by molar-refractivity contribution is 9.09. The summed E-state index contributed by atoms with van der Waals surface area (Å²) >= 11 is 3.22. The van der Waals surface area contributed by atoms with E-state index in [4.69, 9.17) is 4.74 Å². The van der Waals surface area contributed by atoms with Gasteiger partial charge in [0.25, 0.3) is 0 Å². The van der Waals surface area contributed by atoms with E-state index in [0.717, 1.165) is 37.0 Å². The molecule has 0 saturated carbocycles. The van der Waals surface area contributed by atoms with Gasteiger partial charge in [-0.2, -0.15) is 0 Å². The molecule has 0 spiro atoms. The fraction of sp³-hybridized carbons (Fsp3) is 0.571. The minimum absolute atomic E-state index is 0.487. The molecule has 0 aromatic heterocycles. The summed E-state index contributed by atoms with van der Waals surface area (Å²) in [6.45, 7) is 4.20. The Bertz CT molecular complexity index is 315. The van der Waals surface area contributed by atoms with E-state index in [1.165, 1.54) is 0 Å². The quantitative estimate of drug-likeness (QED) is 0.765. The molecule has 1 aromatic carbocycles. The predicted octanol–water partition coefficient (Wildman–Crippen LogP) is 4.21. The molecule has 2 nitrogen and oxygen atoms in total. The first-order chi connectivity index (χ1) is 8.16. The molecule has 0 aliphatic rings. The minimum atomic E-state index is -0.684. The van der Waals surface area contributed by atoms with Crippen molar-refractivity contribution in [3.05, 3.63) is 29.8 Å².